The lowest BCUT2D eigenvalue weighted by Gasteiger charge is -2.28. The van der Waals surface area contributed by atoms with Crippen LogP contribution in [0.3, 0.4) is 0 Å². The highest BCUT2D eigenvalue weighted by Crippen LogP contribution is 2.33. The standard InChI is InChI=1S/C21H20N2O2/c1-15-7-5-11-19(16(15)2)23(14-17-8-6-12-22-13-17)20-10-4-3-9-18(20)21(24)25/h3-13H,14H2,1-2H3,(H,24,25). The second-order valence-electron chi connectivity index (χ2n) is 5.99. The van der Waals surface area contributed by atoms with Crippen LogP contribution < -0.4 is 4.90 Å². The Morgan fingerprint density at radius 3 is 2.48 bits per heavy atom. The number of aromatic carboxylic acids is 1. The van der Waals surface area contributed by atoms with Crippen molar-refractivity contribution in [1.29, 1.82) is 0 Å². The highest BCUT2D eigenvalue weighted by Gasteiger charge is 2.19. The van der Waals surface area contributed by atoms with E-state index in [4.69, 9.17) is 0 Å². The number of benzene rings is 2. The van der Waals surface area contributed by atoms with Crippen LogP contribution >= 0.6 is 0 Å². The van der Waals surface area contributed by atoms with Crippen molar-refractivity contribution in [2.24, 2.45) is 0 Å². The van der Waals surface area contributed by atoms with E-state index in [2.05, 4.69) is 24.9 Å². The molecule has 126 valence electrons. The quantitative estimate of drug-likeness (QED) is 0.733. The maximum absolute atomic E-state index is 11.7. The number of aryl methyl sites for hydroxylation is 1. The first kappa shape index (κ1) is 16.7. The molecule has 0 aliphatic carbocycles. The fraction of sp³-hybridized carbons (Fsp3) is 0.143. The minimum absolute atomic E-state index is 0.285. The molecule has 0 spiro atoms. The lowest BCUT2D eigenvalue weighted by molar-refractivity contribution is 0.0697. The van der Waals surface area contributed by atoms with Gasteiger partial charge >= 0.3 is 5.97 Å². The van der Waals surface area contributed by atoms with Gasteiger partial charge in [-0.2, -0.15) is 0 Å². The molecule has 4 nitrogen and oxygen atoms in total. The van der Waals surface area contributed by atoms with Crippen molar-refractivity contribution < 1.29 is 9.90 Å². The van der Waals surface area contributed by atoms with Gasteiger partial charge in [-0.1, -0.05) is 30.3 Å². The van der Waals surface area contributed by atoms with Crippen LogP contribution in [0, 0.1) is 13.8 Å². The molecule has 3 rings (SSSR count). The van der Waals surface area contributed by atoms with E-state index >= 15 is 0 Å². The van der Waals surface area contributed by atoms with E-state index < -0.39 is 5.97 Å². The molecule has 2 aromatic carbocycles. The molecule has 0 unspecified atom stereocenters. The fourth-order valence-electron chi connectivity index (χ4n) is 2.89. The number of hydrogen-bond acceptors (Lipinski definition) is 3. The van der Waals surface area contributed by atoms with E-state index in [1.165, 1.54) is 5.56 Å². The van der Waals surface area contributed by atoms with E-state index in [0.717, 1.165) is 16.8 Å². The molecule has 1 heterocycles. The molecule has 0 aliphatic heterocycles. The van der Waals surface area contributed by atoms with Gasteiger partial charge in [-0.3, -0.25) is 4.98 Å². The van der Waals surface area contributed by atoms with Gasteiger partial charge < -0.3 is 10.0 Å². The number of rotatable bonds is 5. The first-order valence-electron chi connectivity index (χ1n) is 8.13. The zero-order chi connectivity index (χ0) is 17.8. The summed E-state index contributed by atoms with van der Waals surface area (Å²) < 4.78 is 0. The zero-order valence-corrected chi connectivity index (χ0v) is 14.3. The number of nitrogens with zero attached hydrogens (tertiary/aromatic N) is 2. The number of carboxylic acid groups (broad SMARTS) is 1. The SMILES string of the molecule is Cc1cccc(N(Cc2cccnc2)c2ccccc2C(=O)O)c1C. The third-order valence-corrected chi connectivity index (χ3v) is 4.36. The largest absolute Gasteiger partial charge is 0.478 e. The summed E-state index contributed by atoms with van der Waals surface area (Å²) in [5.41, 5.74) is 5.27. The summed E-state index contributed by atoms with van der Waals surface area (Å²) in [5.74, 6) is -0.933. The lowest BCUT2D eigenvalue weighted by atomic mass is 10.0. The normalized spacial score (nSPS) is 10.5. The van der Waals surface area contributed by atoms with Crippen LogP contribution in [0.25, 0.3) is 0 Å². The van der Waals surface area contributed by atoms with Gasteiger partial charge in [0, 0.05) is 24.6 Å². The molecule has 0 atom stereocenters. The molecule has 0 fully saturated rings. The minimum atomic E-state index is -0.933. The number of anilines is 2. The molecular weight excluding hydrogens is 312 g/mol. The Hall–Kier alpha value is -3.14. The third-order valence-electron chi connectivity index (χ3n) is 4.36. The van der Waals surface area contributed by atoms with Crippen LogP contribution in [0.2, 0.25) is 0 Å². The van der Waals surface area contributed by atoms with Gasteiger partial charge in [-0.15, -0.1) is 0 Å². The van der Waals surface area contributed by atoms with Crippen molar-refractivity contribution >= 4 is 17.3 Å². The summed E-state index contributed by atoms with van der Waals surface area (Å²) in [6.07, 6.45) is 3.54. The van der Waals surface area contributed by atoms with E-state index in [9.17, 15) is 9.90 Å². The van der Waals surface area contributed by atoms with Crippen LogP contribution in [-0.4, -0.2) is 16.1 Å². The smallest absolute Gasteiger partial charge is 0.337 e. The number of pyridine rings is 1. The van der Waals surface area contributed by atoms with Crippen molar-refractivity contribution in [2.45, 2.75) is 20.4 Å². The summed E-state index contributed by atoms with van der Waals surface area (Å²) in [7, 11) is 0. The van der Waals surface area contributed by atoms with E-state index in [1.807, 2.05) is 47.5 Å². The molecule has 3 aromatic rings. The maximum atomic E-state index is 11.7. The van der Waals surface area contributed by atoms with Gasteiger partial charge in [0.2, 0.25) is 0 Å². The Kier molecular flexibility index (Phi) is 4.80. The monoisotopic (exact) mass is 332 g/mol. The average Bonchev–Trinajstić information content (AvgIpc) is 2.63. The zero-order valence-electron chi connectivity index (χ0n) is 14.3. The van der Waals surface area contributed by atoms with E-state index in [-0.39, 0.29) is 5.56 Å². The van der Waals surface area contributed by atoms with Crippen molar-refractivity contribution in [3.05, 3.63) is 89.2 Å². The molecule has 25 heavy (non-hydrogen) atoms. The van der Waals surface area contributed by atoms with Crippen LogP contribution in [0.5, 0.6) is 0 Å². The molecular formula is C21H20N2O2. The van der Waals surface area contributed by atoms with Crippen molar-refractivity contribution in [3.8, 4) is 0 Å². The van der Waals surface area contributed by atoms with Gasteiger partial charge in [-0.05, 0) is 54.8 Å². The highest BCUT2D eigenvalue weighted by molar-refractivity contribution is 5.95. The summed E-state index contributed by atoms with van der Waals surface area (Å²) in [5, 5.41) is 9.61. The van der Waals surface area contributed by atoms with Crippen LogP contribution in [-0.2, 0) is 6.54 Å². The summed E-state index contributed by atoms with van der Waals surface area (Å²) in [6, 6.07) is 17.1. The third kappa shape index (κ3) is 3.53. The Morgan fingerprint density at radius 1 is 1.00 bits per heavy atom. The topological polar surface area (TPSA) is 53.4 Å². The molecule has 1 aromatic heterocycles. The van der Waals surface area contributed by atoms with E-state index in [1.54, 1.807) is 18.3 Å². The maximum Gasteiger partial charge on any atom is 0.337 e. The van der Waals surface area contributed by atoms with Gasteiger partial charge in [0.25, 0.3) is 0 Å². The van der Waals surface area contributed by atoms with Crippen molar-refractivity contribution in [2.75, 3.05) is 4.90 Å². The predicted octanol–water partition coefficient (Wildman–Crippen LogP) is 4.73. The number of para-hydroxylation sites is 1. The number of carbonyl (C=O) groups is 1. The summed E-state index contributed by atoms with van der Waals surface area (Å²) in [4.78, 5) is 17.9. The molecule has 0 amide bonds. The second kappa shape index (κ2) is 7.18. The first-order valence-corrected chi connectivity index (χ1v) is 8.13. The Morgan fingerprint density at radius 2 is 1.76 bits per heavy atom. The summed E-state index contributed by atoms with van der Waals surface area (Å²) in [6.45, 7) is 4.66. The van der Waals surface area contributed by atoms with Gasteiger partial charge in [0.1, 0.15) is 0 Å². The van der Waals surface area contributed by atoms with Gasteiger partial charge in [0.15, 0.2) is 0 Å². The van der Waals surface area contributed by atoms with Gasteiger partial charge in [-0.25, -0.2) is 4.79 Å². The van der Waals surface area contributed by atoms with Crippen LogP contribution in [0.15, 0.2) is 67.0 Å². The number of carboxylic acids is 1. The fourth-order valence-corrected chi connectivity index (χ4v) is 2.89. The van der Waals surface area contributed by atoms with Crippen molar-refractivity contribution in [3.63, 3.8) is 0 Å². The highest BCUT2D eigenvalue weighted by atomic mass is 16.4. The molecule has 1 N–H and O–H groups in total. The predicted molar refractivity (Wildman–Crippen MR) is 99.4 cm³/mol. The molecule has 0 bridgehead atoms. The molecule has 0 saturated heterocycles. The average molecular weight is 332 g/mol. The Labute approximate surface area is 147 Å². The molecule has 0 radical (unpaired) electrons. The van der Waals surface area contributed by atoms with E-state index in [0.29, 0.717) is 12.2 Å². The number of aromatic nitrogens is 1. The Balaban J connectivity index is 2.16. The minimum Gasteiger partial charge on any atom is -0.478 e. The van der Waals surface area contributed by atoms with Crippen molar-refractivity contribution in [1.82, 2.24) is 4.98 Å². The first-order chi connectivity index (χ1) is 12.1. The van der Waals surface area contributed by atoms with Crippen LogP contribution in [0.1, 0.15) is 27.0 Å². The van der Waals surface area contributed by atoms with Crippen LogP contribution in [0.4, 0.5) is 11.4 Å². The van der Waals surface area contributed by atoms with Gasteiger partial charge in [0.05, 0.1) is 11.3 Å². The summed E-state index contributed by atoms with van der Waals surface area (Å²) >= 11 is 0. The lowest BCUT2D eigenvalue weighted by Crippen LogP contribution is -2.20. The Bertz CT molecular complexity index is 891. The molecule has 0 aliphatic rings. The molecule has 0 saturated carbocycles. The molecule has 4 heteroatoms. The second-order valence-corrected chi connectivity index (χ2v) is 5.99. The number of hydrogen-bond donors (Lipinski definition) is 1.